The zero-order valence-corrected chi connectivity index (χ0v) is 17.6. The van der Waals surface area contributed by atoms with Crippen molar-refractivity contribution < 1.29 is 17.8 Å². The molecule has 0 unspecified atom stereocenters. The molecule has 0 amide bonds. The van der Waals surface area contributed by atoms with Crippen molar-refractivity contribution in [3.8, 4) is 0 Å². The predicted molar refractivity (Wildman–Crippen MR) is 105 cm³/mol. The van der Waals surface area contributed by atoms with Gasteiger partial charge in [0.2, 0.25) is 0 Å². The van der Waals surface area contributed by atoms with Crippen LogP contribution in [0.3, 0.4) is 0 Å². The average Bonchev–Trinajstić information content (AvgIpc) is 3.03. The molecule has 4 rings (SSSR count). The van der Waals surface area contributed by atoms with Crippen LogP contribution < -0.4 is 5.73 Å². The van der Waals surface area contributed by atoms with Gasteiger partial charge in [-0.25, -0.2) is 0 Å². The number of ketones is 1. The van der Waals surface area contributed by atoms with Gasteiger partial charge in [0, 0.05) is 16.9 Å². The first-order chi connectivity index (χ1) is 11.9. The van der Waals surface area contributed by atoms with Gasteiger partial charge in [0.25, 0.3) is 10.1 Å². The number of carbonyl (C=O) groups excluding carboxylic acids is 1. The zero-order valence-electron chi connectivity index (χ0n) is 15.2. The molecule has 2 fully saturated rings. The standard InChI is InChI=1S/C10H16O4S.C9H10BrN/c1-9(2)7-3-4-10(9,8(11)5-7)6-15(12,13)14;10-8-2-1-6-4-9(11)5-7(6)3-8/h7H,3-6H2,1-2H3,(H,12,13,14);1-3,9H,4-5,11H2/t7-,10-;9-/m10/s1. The molecule has 0 saturated heterocycles. The molecular weight excluding hydrogens is 418 g/mol. The van der Waals surface area contributed by atoms with Crippen molar-refractivity contribution in [2.45, 2.75) is 52.0 Å². The van der Waals surface area contributed by atoms with Gasteiger partial charge in [-0.05, 0) is 60.3 Å². The third kappa shape index (κ3) is 3.51. The average molecular weight is 444 g/mol. The Kier molecular flexibility index (Phi) is 5.14. The summed E-state index contributed by atoms with van der Waals surface area (Å²) in [6.45, 7) is 3.89. The van der Waals surface area contributed by atoms with Crippen molar-refractivity contribution in [1.29, 1.82) is 0 Å². The third-order valence-electron chi connectivity index (χ3n) is 6.70. The number of carbonyl (C=O) groups is 1. The van der Waals surface area contributed by atoms with E-state index in [0.29, 0.717) is 18.9 Å². The molecule has 0 heterocycles. The van der Waals surface area contributed by atoms with E-state index in [2.05, 4.69) is 34.1 Å². The van der Waals surface area contributed by atoms with Crippen LogP contribution in [0.1, 0.15) is 44.2 Å². The van der Waals surface area contributed by atoms with E-state index in [0.717, 1.165) is 23.7 Å². The number of rotatable bonds is 2. The minimum Gasteiger partial charge on any atom is -0.327 e. The molecule has 26 heavy (non-hydrogen) atoms. The van der Waals surface area contributed by atoms with E-state index in [1.807, 2.05) is 13.8 Å². The highest BCUT2D eigenvalue weighted by Gasteiger charge is 2.65. The summed E-state index contributed by atoms with van der Waals surface area (Å²) in [5, 5.41) is 0. The third-order valence-corrected chi connectivity index (χ3v) is 8.05. The fourth-order valence-electron chi connectivity index (χ4n) is 5.04. The minimum atomic E-state index is -4.08. The molecule has 7 heteroatoms. The highest BCUT2D eigenvalue weighted by Crippen LogP contribution is 2.64. The van der Waals surface area contributed by atoms with E-state index in [4.69, 9.17) is 10.3 Å². The van der Waals surface area contributed by atoms with Crippen LogP contribution in [-0.2, 0) is 27.8 Å². The number of fused-ring (bicyclic) bond motifs is 3. The van der Waals surface area contributed by atoms with Crippen LogP contribution in [0, 0.1) is 16.7 Å². The van der Waals surface area contributed by atoms with Crippen molar-refractivity contribution >= 4 is 31.8 Å². The van der Waals surface area contributed by atoms with Crippen molar-refractivity contribution in [1.82, 2.24) is 0 Å². The van der Waals surface area contributed by atoms with Crippen molar-refractivity contribution in [2.24, 2.45) is 22.5 Å². The quantitative estimate of drug-likeness (QED) is 0.683. The van der Waals surface area contributed by atoms with Gasteiger partial charge in [0.05, 0.1) is 11.2 Å². The molecule has 3 aliphatic carbocycles. The number of hydrogen-bond acceptors (Lipinski definition) is 4. The number of hydrogen-bond donors (Lipinski definition) is 2. The summed E-state index contributed by atoms with van der Waals surface area (Å²) in [6.07, 6.45) is 4.05. The molecule has 144 valence electrons. The first-order valence-electron chi connectivity index (χ1n) is 8.96. The molecule has 1 aromatic rings. The van der Waals surface area contributed by atoms with Crippen molar-refractivity contribution in [3.63, 3.8) is 0 Å². The lowest BCUT2D eigenvalue weighted by Crippen LogP contribution is -2.42. The second kappa shape index (κ2) is 6.69. The molecule has 0 aliphatic heterocycles. The number of Topliss-reactive ketones (excluding diaryl/α,β-unsaturated/α-hetero) is 1. The predicted octanol–water partition coefficient (Wildman–Crippen LogP) is 3.14. The molecule has 3 atom stereocenters. The summed E-state index contributed by atoms with van der Waals surface area (Å²) >= 11 is 3.44. The summed E-state index contributed by atoms with van der Waals surface area (Å²) < 4.78 is 32.1. The van der Waals surface area contributed by atoms with E-state index in [9.17, 15) is 13.2 Å². The first kappa shape index (κ1) is 20.0. The summed E-state index contributed by atoms with van der Waals surface area (Å²) in [5.74, 6) is -0.101. The Morgan fingerprint density at radius 1 is 1.23 bits per heavy atom. The fraction of sp³-hybridized carbons (Fsp3) is 0.632. The zero-order chi connectivity index (χ0) is 19.3. The van der Waals surface area contributed by atoms with Crippen LogP contribution in [0.2, 0.25) is 0 Å². The van der Waals surface area contributed by atoms with Crippen LogP contribution in [0.25, 0.3) is 0 Å². The lowest BCUT2D eigenvalue weighted by molar-refractivity contribution is -0.128. The summed E-state index contributed by atoms with van der Waals surface area (Å²) in [6, 6.07) is 6.75. The molecule has 1 aromatic carbocycles. The Labute approximate surface area is 163 Å². The summed E-state index contributed by atoms with van der Waals surface area (Å²) in [4.78, 5) is 11.9. The monoisotopic (exact) mass is 443 g/mol. The molecule has 2 saturated carbocycles. The van der Waals surface area contributed by atoms with Gasteiger partial charge in [-0.2, -0.15) is 8.42 Å². The Morgan fingerprint density at radius 2 is 1.88 bits per heavy atom. The largest absolute Gasteiger partial charge is 0.327 e. The van der Waals surface area contributed by atoms with E-state index in [1.165, 1.54) is 11.1 Å². The first-order valence-corrected chi connectivity index (χ1v) is 11.4. The van der Waals surface area contributed by atoms with Crippen LogP contribution >= 0.6 is 15.9 Å². The molecule has 2 bridgehead atoms. The van der Waals surface area contributed by atoms with Gasteiger partial charge >= 0.3 is 0 Å². The van der Waals surface area contributed by atoms with Gasteiger partial charge in [0.15, 0.2) is 0 Å². The molecule has 0 spiro atoms. The molecule has 3 N–H and O–H groups in total. The highest BCUT2D eigenvalue weighted by molar-refractivity contribution is 9.10. The van der Waals surface area contributed by atoms with Gasteiger partial charge in [-0.3, -0.25) is 9.35 Å². The second-order valence-corrected chi connectivity index (χ2v) is 10.8. The van der Waals surface area contributed by atoms with E-state index in [-0.39, 0.29) is 17.1 Å². The highest BCUT2D eigenvalue weighted by atomic mass is 79.9. The van der Waals surface area contributed by atoms with Crippen LogP contribution in [-0.4, -0.2) is 30.5 Å². The smallest absolute Gasteiger partial charge is 0.265 e. The fourth-order valence-corrected chi connectivity index (χ4v) is 6.75. The Bertz CT molecular complexity index is 836. The SMILES string of the molecule is CC1(C)[C@@H]2CC[C@@]1(CS(=O)(=O)O)C(=O)C2.N[C@H]1Cc2ccc(Br)cc2C1. The molecule has 5 nitrogen and oxygen atoms in total. The van der Waals surface area contributed by atoms with Gasteiger partial charge in [-0.1, -0.05) is 35.8 Å². The number of halogens is 1. The Hall–Kier alpha value is -0.760. The molecule has 3 aliphatic rings. The Morgan fingerprint density at radius 3 is 2.42 bits per heavy atom. The second-order valence-electron chi connectivity index (χ2n) is 8.47. The van der Waals surface area contributed by atoms with E-state index < -0.39 is 21.3 Å². The maximum absolute atomic E-state index is 11.9. The number of benzene rings is 1. The van der Waals surface area contributed by atoms with Gasteiger partial charge in [0.1, 0.15) is 5.78 Å². The van der Waals surface area contributed by atoms with Gasteiger partial charge < -0.3 is 5.73 Å². The maximum Gasteiger partial charge on any atom is 0.265 e. The Balaban J connectivity index is 0.000000158. The summed E-state index contributed by atoms with van der Waals surface area (Å²) in [5.41, 5.74) is 7.53. The van der Waals surface area contributed by atoms with Gasteiger partial charge in [-0.15, -0.1) is 0 Å². The molecular formula is C19H26BrNO4S. The van der Waals surface area contributed by atoms with Crippen molar-refractivity contribution in [2.75, 3.05) is 5.75 Å². The van der Waals surface area contributed by atoms with Crippen LogP contribution in [0.15, 0.2) is 22.7 Å². The maximum atomic E-state index is 11.9. The topological polar surface area (TPSA) is 97.5 Å². The van der Waals surface area contributed by atoms with E-state index in [1.54, 1.807) is 0 Å². The van der Waals surface area contributed by atoms with Crippen molar-refractivity contribution in [3.05, 3.63) is 33.8 Å². The molecule has 0 radical (unpaired) electrons. The van der Waals surface area contributed by atoms with Crippen LogP contribution in [0.4, 0.5) is 0 Å². The lowest BCUT2D eigenvalue weighted by atomic mass is 9.70. The number of nitrogens with two attached hydrogens (primary N) is 1. The minimum absolute atomic E-state index is 0.0152. The summed E-state index contributed by atoms with van der Waals surface area (Å²) in [7, 11) is -4.08. The normalized spacial score (nSPS) is 31.5. The lowest BCUT2D eigenvalue weighted by Gasteiger charge is -2.35. The van der Waals surface area contributed by atoms with Crippen LogP contribution in [0.5, 0.6) is 0 Å². The molecule has 0 aromatic heterocycles. The van der Waals surface area contributed by atoms with E-state index >= 15 is 0 Å².